The van der Waals surface area contributed by atoms with Crippen LogP contribution >= 0.6 is 0 Å². The molecular formula is C12H18N2O2. The van der Waals surface area contributed by atoms with Gasteiger partial charge in [-0.05, 0) is 19.8 Å². The van der Waals surface area contributed by atoms with Crippen LogP contribution in [-0.2, 0) is 17.3 Å². The number of hydrogen-bond acceptors (Lipinski definition) is 2. The van der Waals surface area contributed by atoms with Crippen molar-refractivity contribution in [3.63, 3.8) is 0 Å². The Balaban J connectivity index is 2.46. The van der Waals surface area contributed by atoms with Crippen molar-refractivity contribution in [2.75, 3.05) is 0 Å². The maximum atomic E-state index is 11.6. The van der Waals surface area contributed by atoms with Gasteiger partial charge in [0.05, 0.1) is 11.1 Å². The average molecular weight is 222 g/mol. The van der Waals surface area contributed by atoms with Gasteiger partial charge in [-0.3, -0.25) is 9.48 Å². The lowest BCUT2D eigenvalue weighted by Crippen LogP contribution is -2.38. The fraction of sp³-hybridized carbons (Fsp3) is 0.667. The van der Waals surface area contributed by atoms with Gasteiger partial charge in [0.25, 0.3) is 0 Å². The van der Waals surface area contributed by atoms with Gasteiger partial charge in [0.1, 0.15) is 0 Å². The Morgan fingerprint density at radius 3 is 2.50 bits per heavy atom. The van der Waals surface area contributed by atoms with Crippen LogP contribution < -0.4 is 0 Å². The Hall–Kier alpha value is -1.32. The maximum Gasteiger partial charge on any atom is 0.314 e. The normalized spacial score (nSPS) is 19.6. The van der Waals surface area contributed by atoms with E-state index in [-0.39, 0.29) is 0 Å². The minimum Gasteiger partial charge on any atom is -0.481 e. The van der Waals surface area contributed by atoms with E-state index in [1.165, 1.54) is 0 Å². The summed E-state index contributed by atoms with van der Waals surface area (Å²) < 4.78 is 1.71. The molecule has 1 fully saturated rings. The lowest BCUT2D eigenvalue weighted by molar-refractivity contribution is -0.145. The number of carboxylic acid groups (broad SMARTS) is 1. The van der Waals surface area contributed by atoms with E-state index in [0.717, 1.165) is 43.4 Å². The number of nitrogens with zero attached hydrogens (tertiary/aromatic N) is 2. The molecule has 4 nitrogen and oxygen atoms in total. The average Bonchev–Trinajstić information content (AvgIpc) is 2.59. The minimum atomic E-state index is -0.691. The van der Waals surface area contributed by atoms with Crippen molar-refractivity contribution < 1.29 is 9.90 Å². The second-order valence-electron chi connectivity index (χ2n) is 4.75. The monoisotopic (exact) mass is 222 g/mol. The lowest BCUT2D eigenvalue weighted by Gasteiger charge is -2.32. The Kier molecular flexibility index (Phi) is 2.74. The van der Waals surface area contributed by atoms with Crippen LogP contribution in [0.1, 0.15) is 43.4 Å². The molecule has 1 N–H and O–H groups in total. The minimum absolute atomic E-state index is 0.684. The van der Waals surface area contributed by atoms with E-state index in [4.69, 9.17) is 0 Å². The SMILES string of the molecule is Cc1nn(C)cc1C1(C(=O)O)CCCCC1. The van der Waals surface area contributed by atoms with Crippen LogP contribution in [0.15, 0.2) is 6.20 Å². The van der Waals surface area contributed by atoms with E-state index >= 15 is 0 Å². The summed E-state index contributed by atoms with van der Waals surface area (Å²) in [5.41, 5.74) is 1.07. The van der Waals surface area contributed by atoms with Crippen molar-refractivity contribution in [3.05, 3.63) is 17.5 Å². The van der Waals surface area contributed by atoms with E-state index < -0.39 is 11.4 Å². The largest absolute Gasteiger partial charge is 0.481 e. The summed E-state index contributed by atoms with van der Waals surface area (Å²) in [6, 6.07) is 0. The van der Waals surface area contributed by atoms with E-state index in [2.05, 4.69) is 5.10 Å². The van der Waals surface area contributed by atoms with Gasteiger partial charge >= 0.3 is 5.97 Å². The standard InChI is InChI=1S/C12H18N2O2/c1-9-10(8-14(2)13-9)12(11(15)16)6-4-3-5-7-12/h8H,3-7H2,1-2H3,(H,15,16). The summed E-state index contributed by atoms with van der Waals surface area (Å²) in [6.45, 7) is 1.90. The lowest BCUT2D eigenvalue weighted by atomic mass is 9.69. The van der Waals surface area contributed by atoms with Crippen LogP contribution in [0.25, 0.3) is 0 Å². The molecule has 1 aliphatic carbocycles. The predicted molar refractivity (Wildman–Crippen MR) is 60.3 cm³/mol. The molecule has 0 bridgehead atoms. The van der Waals surface area contributed by atoms with Crippen molar-refractivity contribution in [2.45, 2.75) is 44.4 Å². The Bertz CT molecular complexity index is 403. The van der Waals surface area contributed by atoms with E-state index in [9.17, 15) is 9.90 Å². The van der Waals surface area contributed by atoms with E-state index in [1.807, 2.05) is 20.2 Å². The van der Waals surface area contributed by atoms with Gasteiger partial charge in [-0.25, -0.2) is 0 Å². The first-order valence-electron chi connectivity index (χ1n) is 5.80. The number of carboxylic acids is 1. The van der Waals surface area contributed by atoms with E-state index in [1.54, 1.807) is 4.68 Å². The van der Waals surface area contributed by atoms with Crippen LogP contribution in [0.4, 0.5) is 0 Å². The summed E-state index contributed by atoms with van der Waals surface area (Å²) in [5, 5.41) is 13.8. The van der Waals surface area contributed by atoms with Crippen molar-refractivity contribution in [1.82, 2.24) is 9.78 Å². The molecule has 0 amide bonds. The summed E-state index contributed by atoms with van der Waals surface area (Å²) in [7, 11) is 1.84. The fourth-order valence-corrected chi connectivity index (χ4v) is 2.82. The molecule has 4 heteroatoms. The van der Waals surface area contributed by atoms with Gasteiger partial charge in [-0.2, -0.15) is 5.10 Å². The molecule has 0 unspecified atom stereocenters. The van der Waals surface area contributed by atoms with Crippen LogP contribution in [-0.4, -0.2) is 20.9 Å². The van der Waals surface area contributed by atoms with Crippen molar-refractivity contribution >= 4 is 5.97 Å². The summed E-state index contributed by atoms with van der Waals surface area (Å²) >= 11 is 0. The number of aromatic nitrogens is 2. The van der Waals surface area contributed by atoms with Crippen molar-refractivity contribution in [2.24, 2.45) is 7.05 Å². The number of hydrogen-bond donors (Lipinski definition) is 1. The highest BCUT2D eigenvalue weighted by Gasteiger charge is 2.43. The van der Waals surface area contributed by atoms with Crippen LogP contribution in [0.5, 0.6) is 0 Å². The van der Waals surface area contributed by atoms with Crippen LogP contribution in [0, 0.1) is 6.92 Å². The van der Waals surface area contributed by atoms with Gasteiger partial charge in [0.2, 0.25) is 0 Å². The molecular weight excluding hydrogens is 204 g/mol. The Morgan fingerprint density at radius 1 is 1.44 bits per heavy atom. The van der Waals surface area contributed by atoms with Gasteiger partial charge in [0.15, 0.2) is 0 Å². The highest BCUT2D eigenvalue weighted by Crippen LogP contribution is 2.40. The van der Waals surface area contributed by atoms with Gasteiger partial charge in [0, 0.05) is 18.8 Å². The second-order valence-corrected chi connectivity index (χ2v) is 4.75. The van der Waals surface area contributed by atoms with Gasteiger partial charge < -0.3 is 5.11 Å². The van der Waals surface area contributed by atoms with Gasteiger partial charge in [-0.1, -0.05) is 19.3 Å². The Morgan fingerprint density at radius 2 is 2.06 bits per heavy atom. The third kappa shape index (κ3) is 1.62. The molecule has 1 heterocycles. The topological polar surface area (TPSA) is 55.1 Å². The number of aryl methyl sites for hydroxylation is 2. The summed E-state index contributed by atoms with van der Waals surface area (Å²) in [4.78, 5) is 11.6. The molecule has 88 valence electrons. The zero-order valence-corrected chi connectivity index (χ0v) is 9.86. The molecule has 0 atom stereocenters. The quantitative estimate of drug-likeness (QED) is 0.832. The van der Waals surface area contributed by atoms with Crippen molar-refractivity contribution in [1.29, 1.82) is 0 Å². The molecule has 2 rings (SSSR count). The molecule has 0 saturated heterocycles. The zero-order valence-electron chi connectivity index (χ0n) is 9.86. The molecule has 0 radical (unpaired) electrons. The molecule has 1 saturated carbocycles. The first-order chi connectivity index (χ1) is 7.56. The summed E-state index contributed by atoms with van der Waals surface area (Å²) in [5.74, 6) is -0.691. The summed E-state index contributed by atoms with van der Waals surface area (Å²) in [6.07, 6.45) is 6.51. The molecule has 16 heavy (non-hydrogen) atoms. The fourth-order valence-electron chi connectivity index (χ4n) is 2.82. The van der Waals surface area contributed by atoms with Crippen molar-refractivity contribution in [3.8, 4) is 0 Å². The molecule has 1 aliphatic rings. The molecule has 0 aromatic carbocycles. The predicted octanol–water partition coefficient (Wildman–Crippen LogP) is 2.02. The maximum absolute atomic E-state index is 11.6. The van der Waals surface area contributed by atoms with E-state index in [0.29, 0.717) is 0 Å². The smallest absolute Gasteiger partial charge is 0.314 e. The molecule has 0 spiro atoms. The molecule has 1 aromatic heterocycles. The number of rotatable bonds is 2. The number of carbonyl (C=O) groups is 1. The highest BCUT2D eigenvalue weighted by atomic mass is 16.4. The first kappa shape index (κ1) is 11.2. The molecule has 0 aliphatic heterocycles. The number of aliphatic carboxylic acids is 1. The van der Waals surface area contributed by atoms with Gasteiger partial charge in [-0.15, -0.1) is 0 Å². The third-order valence-electron chi connectivity index (χ3n) is 3.65. The van der Waals surface area contributed by atoms with Crippen LogP contribution in [0.2, 0.25) is 0 Å². The second kappa shape index (κ2) is 3.92. The Labute approximate surface area is 95.3 Å². The highest BCUT2D eigenvalue weighted by molar-refractivity contribution is 5.81. The third-order valence-corrected chi connectivity index (χ3v) is 3.65. The molecule has 1 aromatic rings. The zero-order chi connectivity index (χ0) is 11.8. The van der Waals surface area contributed by atoms with Crippen LogP contribution in [0.3, 0.4) is 0 Å². The first-order valence-corrected chi connectivity index (χ1v) is 5.80.